The van der Waals surface area contributed by atoms with Crippen LogP contribution in [0.2, 0.25) is 0 Å². The van der Waals surface area contributed by atoms with E-state index in [4.69, 9.17) is 5.73 Å². The minimum Gasteiger partial charge on any atom is -0.399 e. The fourth-order valence-corrected chi connectivity index (χ4v) is 3.31. The van der Waals surface area contributed by atoms with Crippen molar-refractivity contribution in [3.05, 3.63) is 65.2 Å². The zero-order valence-electron chi connectivity index (χ0n) is 13.7. The molecule has 0 atom stereocenters. The fourth-order valence-electron chi connectivity index (χ4n) is 3.31. The Labute approximate surface area is 139 Å². The van der Waals surface area contributed by atoms with Crippen LogP contribution in [0.15, 0.2) is 48.5 Å². The van der Waals surface area contributed by atoms with Crippen LogP contribution in [0, 0.1) is 17.8 Å². The van der Waals surface area contributed by atoms with Gasteiger partial charge in [0.15, 0.2) is 0 Å². The Balaban J connectivity index is 1.55. The third kappa shape index (κ3) is 4.89. The zero-order chi connectivity index (χ0) is 15.9. The van der Waals surface area contributed by atoms with Crippen molar-refractivity contribution in [3.63, 3.8) is 0 Å². The molecule has 1 aliphatic carbocycles. The number of nitrogens with two attached hydrogens (primary N) is 1. The van der Waals surface area contributed by atoms with Crippen LogP contribution in [0.3, 0.4) is 0 Å². The molecule has 0 bridgehead atoms. The molecular weight excluding hydrogens is 278 g/mol. The molecule has 0 saturated heterocycles. The normalized spacial score (nSPS) is 15.0. The van der Waals surface area contributed by atoms with Crippen molar-refractivity contribution in [1.82, 2.24) is 0 Å². The lowest BCUT2D eigenvalue weighted by molar-refractivity contribution is 0.339. The summed E-state index contributed by atoms with van der Waals surface area (Å²) < 4.78 is 0. The maximum atomic E-state index is 5.68. The zero-order valence-corrected chi connectivity index (χ0v) is 13.7. The SMILES string of the molecule is Nc1ccc(C#Cc2ccc(CCC3CCCCC3)cc2)cc1. The molecule has 23 heavy (non-hydrogen) atoms. The van der Waals surface area contributed by atoms with Crippen LogP contribution >= 0.6 is 0 Å². The van der Waals surface area contributed by atoms with Gasteiger partial charge in [0.25, 0.3) is 0 Å². The summed E-state index contributed by atoms with van der Waals surface area (Å²) in [5.74, 6) is 7.36. The monoisotopic (exact) mass is 303 g/mol. The maximum absolute atomic E-state index is 5.68. The second-order valence-electron chi connectivity index (χ2n) is 6.61. The minimum atomic E-state index is 0.776. The molecule has 0 heterocycles. The van der Waals surface area contributed by atoms with Gasteiger partial charge in [-0.25, -0.2) is 0 Å². The minimum absolute atomic E-state index is 0.776. The molecule has 1 nitrogen and oxygen atoms in total. The Kier molecular flexibility index (Phi) is 5.37. The van der Waals surface area contributed by atoms with Gasteiger partial charge >= 0.3 is 0 Å². The number of hydrogen-bond acceptors (Lipinski definition) is 1. The molecule has 118 valence electrons. The van der Waals surface area contributed by atoms with Crippen LogP contribution in [0.5, 0.6) is 0 Å². The maximum Gasteiger partial charge on any atom is 0.0314 e. The molecule has 1 saturated carbocycles. The van der Waals surface area contributed by atoms with Crippen molar-refractivity contribution >= 4 is 5.69 Å². The predicted octanol–water partition coefficient (Wildman–Crippen LogP) is 5.18. The second-order valence-corrected chi connectivity index (χ2v) is 6.61. The Morgan fingerprint density at radius 2 is 1.35 bits per heavy atom. The summed E-state index contributed by atoms with van der Waals surface area (Å²) in [6.45, 7) is 0. The van der Waals surface area contributed by atoms with Gasteiger partial charge < -0.3 is 5.73 Å². The molecule has 0 amide bonds. The van der Waals surface area contributed by atoms with Gasteiger partial charge in [-0.3, -0.25) is 0 Å². The van der Waals surface area contributed by atoms with Gasteiger partial charge in [-0.2, -0.15) is 0 Å². The third-order valence-electron chi connectivity index (χ3n) is 4.78. The highest BCUT2D eigenvalue weighted by molar-refractivity contribution is 5.47. The summed E-state index contributed by atoms with van der Waals surface area (Å²) in [5.41, 5.74) is 9.97. The molecule has 1 heteroatoms. The number of hydrogen-bond donors (Lipinski definition) is 1. The van der Waals surface area contributed by atoms with E-state index in [0.717, 1.165) is 22.7 Å². The fraction of sp³-hybridized carbons (Fsp3) is 0.364. The smallest absolute Gasteiger partial charge is 0.0314 e. The van der Waals surface area contributed by atoms with Gasteiger partial charge in [-0.1, -0.05) is 56.1 Å². The van der Waals surface area contributed by atoms with E-state index in [1.807, 2.05) is 24.3 Å². The highest BCUT2D eigenvalue weighted by Crippen LogP contribution is 2.27. The van der Waals surface area contributed by atoms with E-state index in [0.29, 0.717) is 0 Å². The van der Waals surface area contributed by atoms with E-state index in [-0.39, 0.29) is 0 Å². The van der Waals surface area contributed by atoms with Gasteiger partial charge in [0.05, 0.1) is 0 Å². The Bertz CT molecular complexity index is 665. The van der Waals surface area contributed by atoms with Gasteiger partial charge in [0.2, 0.25) is 0 Å². The Morgan fingerprint density at radius 3 is 1.96 bits per heavy atom. The highest BCUT2D eigenvalue weighted by atomic mass is 14.5. The number of benzene rings is 2. The van der Waals surface area contributed by atoms with E-state index < -0.39 is 0 Å². The van der Waals surface area contributed by atoms with Crippen molar-refractivity contribution in [2.24, 2.45) is 5.92 Å². The lowest BCUT2D eigenvalue weighted by Gasteiger charge is -2.21. The summed E-state index contributed by atoms with van der Waals surface area (Å²) >= 11 is 0. The van der Waals surface area contributed by atoms with E-state index >= 15 is 0 Å². The summed E-state index contributed by atoms with van der Waals surface area (Å²) in [6.07, 6.45) is 9.73. The molecule has 2 aromatic carbocycles. The Morgan fingerprint density at radius 1 is 0.783 bits per heavy atom. The van der Waals surface area contributed by atoms with E-state index in [1.165, 1.54) is 50.5 Å². The number of rotatable bonds is 3. The van der Waals surface area contributed by atoms with Crippen LogP contribution in [0.1, 0.15) is 55.2 Å². The average Bonchev–Trinajstić information content (AvgIpc) is 2.61. The van der Waals surface area contributed by atoms with E-state index in [9.17, 15) is 0 Å². The van der Waals surface area contributed by atoms with Gasteiger partial charge in [0.1, 0.15) is 0 Å². The average molecular weight is 303 g/mol. The van der Waals surface area contributed by atoms with Gasteiger partial charge in [0, 0.05) is 16.8 Å². The number of nitrogen functional groups attached to an aromatic ring is 1. The van der Waals surface area contributed by atoms with Crippen molar-refractivity contribution in [2.75, 3.05) is 5.73 Å². The summed E-state index contributed by atoms with van der Waals surface area (Å²) in [4.78, 5) is 0. The molecule has 0 radical (unpaired) electrons. The van der Waals surface area contributed by atoms with E-state index in [1.54, 1.807) is 0 Å². The summed E-state index contributed by atoms with van der Waals surface area (Å²) in [6, 6.07) is 16.4. The lowest BCUT2D eigenvalue weighted by Crippen LogP contribution is -2.07. The lowest BCUT2D eigenvalue weighted by atomic mass is 9.85. The number of aryl methyl sites for hydroxylation is 1. The molecule has 0 aliphatic heterocycles. The highest BCUT2D eigenvalue weighted by Gasteiger charge is 2.12. The van der Waals surface area contributed by atoms with Crippen LogP contribution in [0.25, 0.3) is 0 Å². The molecule has 3 rings (SSSR count). The van der Waals surface area contributed by atoms with Crippen molar-refractivity contribution in [2.45, 2.75) is 44.9 Å². The first-order valence-electron chi connectivity index (χ1n) is 8.76. The van der Waals surface area contributed by atoms with Gasteiger partial charge in [-0.05, 0) is 60.7 Å². The first-order chi connectivity index (χ1) is 11.3. The molecule has 1 fully saturated rings. The van der Waals surface area contributed by atoms with Crippen LogP contribution in [0.4, 0.5) is 5.69 Å². The second kappa shape index (κ2) is 7.88. The first-order valence-corrected chi connectivity index (χ1v) is 8.76. The summed E-state index contributed by atoms with van der Waals surface area (Å²) in [7, 11) is 0. The predicted molar refractivity (Wildman–Crippen MR) is 98.2 cm³/mol. The largest absolute Gasteiger partial charge is 0.399 e. The number of anilines is 1. The van der Waals surface area contributed by atoms with Crippen LogP contribution < -0.4 is 5.73 Å². The van der Waals surface area contributed by atoms with Crippen LogP contribution in [-0.4, -0.2) is 0 Å². The quantitative estimate of drug-likeness (QED) is 0.613. The summed E-state index contributed by atoms with van der Waals surface area (Å²) in [5, 5.41) is 0. The van der Waals surface area contributed by atoms with E-state index in [2.05, 4.69) is 36.1 Å². The molecule has 0 aromatic heterocycles. The topological polar surface area (TPSA) is 26.0 Å². The molecular formula is C22H25N. The van der Waals surface area contributed by atoms with Crippen molar-refractivity contribution in [3.8, 4) is 11.8 Å². The Hall–Kier alpha value is -2.20. The van der Waals surface area contributed by atoms with Gasteiger partial charge in [-0.15, -0.1) is 0 Å². The molecule has 0 spiro atoms. The van der Waals surface area contributed by atoms with Crippen molar-refractivity contribution in [1.29, 1.82) is 0 Å². The molecule has 2 aromatic rings. The molecule has 1 aliphatic rings. The standard InChI is InChI=1S/C22H25N/c23-22-16-14-21(15-17-22)13-12-20-10-8-19(9-11-20)7-6-18-4-2-1-3-5-18/h8-11,14-18H,1-7,23H2. The molecule has 2 N–H and O–H groups in total. The first kappa shape index (κ1) is 15.7. The third-order valence-corrected chi connectivity index (χ3v) is 4.78. The van der Waals surface area contributed by atoms with Crippen LogP contribution in [-0.2, 0) is 6.42 Å². The molecule has 0 unspecified atom stereocenters. The van der Waals surface area contributed by atoms with Crippen molar-refractivity contribution < 1.29 is 0 Å².